The lowest BCUT2D eigenvalue weighted by Gasteiger charge is -2.36. The van der Waals surface area contributed by atoms with E-state index in [0.29, 0.717) is 43.2 Å². The van der Waals surface area contributed by atoms with Crippen LogP contribution in [0.25, 0.3) is 0 Å². The second-order valence-corrected chi connectivity index (χ2v) is 8.79. The van der Waals surface area contributed by atoms with Gasteiger partial charge in [-0.15, -0.1) is 11.8 Å². The lowest BCUT2D eigenvalue weighted by Crippen LogP contribution is -2.49. The number of rotatable bonds is 4. The molecule has 0 radical (unpaired) electrons. The third-order valence-electron chi connectivity index (χ3n) is 3.96. The van der Waals surface area contributed by atoms with Gasteiger partial charge >= 0.3 is 0 Å². The molecule has 0 unspecified atom stereocenters. The Bertz CT molecular complexity index is 620. The standard InChI is InChI=1S/C18H25FN2O2S/c1-13(22)14-5-6-16(15(19)11-14)20-7-9-21(10-8-20)17(23)12-24-18(2,3)4/h5-6,11H,7-10,12H2,1-4H3. The monoisotopic (exact) mass is 352 g/mol. The lowest BCUT2D eigenvalue weighted by molar-refractivity contribution is -0.128. The molecule has 1 saturated heterocycles. The fourth-order valence-electron chi connectivity index (χ4n) is 2.55. The van der Waals surface area contributed by atoms with Gasteiger partial charge in [-0.1, -0.05) is 20.8 Å². The van der Waals surface area contributed by atoms with Crippen molar-refractivity contribution in [3.63, 3.8) is 0 Å². The minimum absolute atomic E-state index is 0.0685. The summed E-state index contributed by atoms with van der Waals surface area (Å²) in [4.78, 5) is 27.3. The van der Waals surface area contributed by atoms with Crippen molar-refractivity contribution < 1.29 is 14.0 Å². The first kappa shape index (κ1) is 18.8. The van der Waals surface area contributed by atoms with E-state index in [9.17, 15) is 14.0 Å². The summed E-state index contributed by atoms with van der Waals surface area (Å²) in [5.74, 6) is 0.0884. The molecular weight excluding hydrogens is 327 g/mol. The van der Waals surface area contributed by atoms with Crippen LogP contribution in [0.4, 0.5) is 10.1 Å². The number of hydrogen-bond donors (Lipinski definition) is 0. The molecule has 24 heavy (non-hydrogen) atoms. The van der Waals surface area contributed by atoms with E-state index in [-0.39, 0.29) is 22.3 Å². The number of hydrogen-bond acceptors (Lipinski definition) is 4. The normalized spacial score (nSPS) is 15.5. The van der Waals surface area contributed by atoms with E-state index < -0.39 is 0 Å². The summed E-state index contributed by atoms with van der Waals surface area (Å²) < 4.78 is 14.3. The van der Waals surface area contributed by atoms with Crippen LogP contribution in [0, 0.1) is 5.82 Å². The number of anilines is 1. The molecular formula is C18H25FN2O2S. The van der Waals surface area contributed by atoms with Crippen molar-refractivity contribution in [3.05, 3.63) is 29.6 Å². The van der Waals surface area contributed by atoms with Crippen LogP contribution in [0.1, 0.15) is 38.1 Å². The highest BCUT2D eigenvalue weighted by Gasteiger charge is 2.24. The van der Waals surface area contributed by atoms with Gasteiger partial charge in [-0.25, -0.2) is 4.39 Å². The smallest absolute Gasteiger partial charge is 0.232 e. The van der Waals surface area contributed by atoms with Crippen LogP contribution in [0.3, 0.4) is 0 Å². The third kappa shape index (κ3) is 4.97. The number of carbonyl (C=O) groups excluding carboxylic acids is 2. The van der Waals surface area contributed by atoms with Crippen molar-refractivity contribution in [2.45, 2.75) is 32.4 Å². The molecule has 1 amide bonds. The quantitative estimate of drug-likeness (QED) is 0.780. The molecule has 0 aliphatic carbocycles. The minimum Gasteiger partial charge on any atom is -0.366 e. The van der Waals surface area contributed by atoms with E-state index in [2.05, 4.69) is 20.8 Å². The van der Waals surface area contributed by atoms with Crippen molar-refractivity contribution in [1.29, 1.82) is 0 Å². The summed E-state index contributed by atoms with van der Waals surface area (Å²) in [5, 5.41) is 0. The first-order valence-corrected chi connectivity index (χ1v) is 9.13. The van der Waals surface area contributed by atoms with Gasteiger partial charge in [0.1, 0.15) is 5.82 Å². The summed E-state index contributed by atoms with van der Waals surface area (Å²) in [5.41, 5.74) is 0.875. The van der Waals surface area contributed by atoms with Gasteiger partial charge in [-0.05, 0) is 25.1 Å². The van der Waals surface area contributed by atoms with Crippen LogP contribution in [-0.4, -0.2) is 53.3 Å². The molecule has 2 rings (SSSR count). The predicted molar refractivity (Wildman–Crippen MR) is 97.4 cm³/mol. The number of ketones is 1. The molecule has 6 heteroatoms. The number of carbonyl (C=O) groups is 2. The van der Waals surface area contributed by atoms with Gasteiger partial charge in [0, 0.05) is 36.5 Å². The number of Topliss-reactive ketones (excluding diaryl/α,β-unsaturated/α-hetero) is 1. The Labute approximate surface area is 147 Å². The average Bonchev–Trinajstić information content (AvgIpc) is 2.52. The zero-order chi connectivity index (χ0) is 17.9. The number of benzene rings is 1. The van der Waals surface area contributed by atoms with Gasteiger partial charge in [0.05, 0.1) is 11.4 Å². The fourth-order valence-corrected chi connectivity index (χ4v) is 3.29. The molecule has 1 fully saturated rings. The summed E-state index contributed by atoms with van der Waals surface area (Å²) in [7, 11) is 0. The van der Waals surface area contributed by atoms with Crippen LogP contribution in [0.15, 0.2) is 18.2 Å². The Kier molecular flexibility index (Phi) is 5.91. The van der Waals surface area contributed by atoms with Gasteiger partial charge in [0.2, 0.25) is 5.91 Å². The Hall–Kier alpha value is -1.56. The number of nitrogens with zero attached hydrogens (tertiary/aromatic N) is 2. The van der Waals surface area contributed by atoms with Crippen LogP contribution in [0.2, 0.25) is 0 Å². The molecule has 1 aliphatic heterocycles. The number of thioether (sulfide) groups is 1. The lowest BCUT2D eigenvalue weighted by atomic mass is 10.1. The van der Waals surface area contributed by atoms with Gasteiger partial charge in [0.15, 0.2) is 5.78 Å². The van der Waals surface area contributed by atoms with E-state index >= 15 is 0 Å². The van der Waals surface area contributed by atoms with Gasteiger partial charge in [-0.3, -0.25) is 9.59 Å². The molecule has 1 heterocycles. The van der Waals surface area contributed by atoms with E-state index in [1.165, 1.54) is 13.0 Å². The highest BCUT2D eigenvalue weighted by Crippen LogP contribution is 2.25. The first-order chi connectivity index (χ1) is 11.2. The van der Waals surface area contributed by atoms with Crippen molar-refractivity contribution in [1.82, 2.24) is 4.90 Å². The molecule has 0 saturated carbocycles. The number of amides is 1. The Morgan fingerprint density at radius 2 is 1.79 bits per heavy atom. The second kappa shape index (κ2) is 7.55. The largest absolute Gasteiger partial charge is 0.366 e. The Morgan fingerprint density at radius 3 is 2.29 bits per heavy atom. The van der Waals surface area contributed by atoms with E-state index in [1.54, 1.807) is 23.9 Å². The average molecular weight is 352 g/mol. The molecule has 4 nitrogen and oxygen atoms in total. The summed E-state index contributed by atoms with van der Waals surface area (Å²) in [6, 6.07) is 4.59. The van der Waals surface area contributed by atoms with E-state index in [0.717, 1.165) is 0 Å². The summed E-state index contributed by atoms with van der Waals surface area (Å²) >= 11 is 1.64. The molecule has 1 aliphatic rings. The number of piperazine rings is 1. The molecule has 0 bridgehead atoms. The zero-order valence-corrected chi connectivity index (χ0v) is 15.6. The van der Waals surface area contributed by atoms with Gasteiger partial charge in [0.25, 0.3) is 0 Å². The van der Waals surface area contributed by atoms with Crippen molar-refractivity contribution in [2.75, 3.05) is 36.8 Å². The Morgan fingerprint density at radius 1 is 1.17 bits per heavy atom. The van der Waals surface area contributed by atoms with E-state index in [1.807, 2.05) is 9.80 Å². The molecule has 1 aromatic rings. The first-order valence-electron chi connectivity index (χ1n) is 8.14. The van der Waals surface area contributed by atoms with Crippen molar-refractivity contribution >= 4 is 29.1 Å². The summed E-state index contributed by atoms with van der Waals surface area (Å²) in [6.45, 7) is 10.1. The maximum atomic E-state index is 14.2. The number of halogens is 1. The van der Waals surface area contributed by atoms with Crippen molar-refractivity contribution in [2.24, 2.45) is 0 Å². The topological polar surface area (TPSA) is 40.6 Å². The second-order valence-electron chi connectivity index (χ2n) is 6.99. The SMILES string of the molecule is CC(=O)c1ccc(N2CCN(C(=O)CSC(C)(C)C)CC2)c(F)c1. The Balaban J connectivity index is 1.93. The van der Waals surface area contributed by atoms with Crippen LogP contribution >= 0.6 is 11.8 Å². The van der Waals surface area contributed by atoms with Crippen LogP contribution in [0.5, 0.6) is 0 Å². The highest BCUT2D eigenvalue weighted by atomic mass is 32.2. The van der Waals surface area contributed by atoms with Gasteiger partial charge < -0.3 is 9.80 Å². The van der Waals surface area contributed by atoms with Gasteiger partial charge in [-0.2, -0.15) is 0 Å². The van der Waals surface area contributed by atoms with Crippen LogP contribution in [-0.2, 0) is 4.79 Å². The zero-order valence-electron chi connectivity index (χ0n) is 14.8. The summed E-state index contributed by atoms with van der Waals surface area (Å²) in [6.07, 6.45) is 0. The maximum Gasteiger partial charge on any atom is 0.232 e. The fraction of sp³-hybridized carbons (Fsp3) is 0.556. The molecule has 132 valence electrons. The molecule has 0 spiro atoms. The van der Waals surface area contributed by atoms with Crippen LogP contribution < -0.4 is 4.90 Å². The third-order valence-corrected chi connectivity index (χ3v) is 5.21. The van der Waals surface area contributed by atoms with Crippen molar-refractivity contribution in [3.8, 4) is 0 Å². The molecule has 0 aromatic heterocycles. The molecule has 1 aromatic carbocycles. The predicted octanol–water partition coefficient (Wildman–Crippen LogP) is 3.21. The highest BCUT2D eigenvalue weighted by molar-refractivity contribution is 8.01. The molecule has 0 N–H and O–H groups in total. The maximum absolute atomic E-state index is 14.2. The minimum atomic E-state index is -0.384. The van der Waals surface area contributed by atoms with E-state index in [4.69, 9.17) is 0 Å². The molecule has 0 atom stereocenters.